The number of fused-ring (bicyclic) bond motifs is 1. The van der Waals surface area contributed by atoms with E-state index in [2.05, 4.69) is 27.8 Å². The first kappa shape index (κ1) is 17.5. The molecule has 5 nitrogen and oxygen atoms in total. The third kappa shape index (κ3) is 3.66. The van der Waals surface area contributed by atoms with E-state index >= 15 is 0 Å². The minimum Gasteiger partial charge on any atom is -0.495 e. The first-order chi connectivity index (χ1) is 13.1. The molecule has 0 aliphatic heterocycles. The lowest BCUT2D eigenvalue weighted by Crippen LogP contribution is -2.35. The highest BCUT2D eigenvalue weighted by atomic mass is 32.1. The van der Waals surface area contributed by atoms with Crippen molar-refractivity contribution in [2.24, 2.45) is 0 Å². The van der Waals surface area contributed by atoms with E-state index in [0.29, 0.717) is 10.0 Å². The van der Waals surface area contributed by atoms with Gasteiger partial charge in [0, 0.05) is 6.04 Å². The van der Waals surface area contributed by atoms with Gasteiger partial charge in [0.05, 0.1) is 18.5 Å². The zero-order chi connectivity index (χ0) is 18.8. The molecule has 6 heteroatoms. The van der Waals surface area contributed by atoms with Crippen molar-refractivity contribution in [3.8, 4) is 5.75 Å². The summed E-state index contributed by atoms with van der Waals surface area (Å²) >= 11 is 1.36. The van der Waals surface area contributed by atoms with Gasteiger partial charge in [-0.1, -0.05) is 47.7 Å². The normalized spacial score (nSPS) is 13.3. The number of aryl methyl sites for hydroxylation is 1. The van der Waals surface area contributed by atoms with E-state index in [1.54, 1.807) is 7.11 Å². The molecule has 0 unspecified atom stereocenters. The quantitative estimate of drug-likeness (QED) is 0.701. The third-order valence-electron chi connectivity index (χ3n) is 4.74. The molecule has 1 aliphatic carbocycles. The van der Waals surface area contributed by atoms with Crippen LogP contribution in [0.25, 0.3) is 0 Å². The van der Waals surface area contributed by atoms with Gasteiger partial charge in [-0.05, 0) is 43.0 Å². The van der Waals surface area contributed by atoms with Gasteiger partial charge in [0.15, 0.2) is 5.13 Å². The summed E-state index contributed by atoms with van der Waals surface area (Å²) in [6.07, 6.45) is 1.76. The number of hydrogen-bond donors (Lipinski definition) is 2. The third-order valence-corrected chi connectivity index (χ3v) is 5.81. The Morgan fingerprint density at radius 2 is 1.78 bits per heavy atom. The number of carbonyl (C=O) groups excluding carboxylic acids is 1. The molecule has 4 rings (SSSR count). The van der Waals surface area contributed by atoms with Gasteiger partial charge in [-0.25, -0.2) is 4.98 Å². The Morgan fingerprint density at radius 3 is 2.48 bits per heavy atom. The fourth-order valence-corrected chi connectivity index (χ4v) is 4.32. The smallest absolute Gasteiger partial charge is 0.263 e. The van der Waals surface area contributed by atoms with Crippen LogP contribution in [0.1, 0.15) is 26.5 Å². The maximum Gasteiger partial charge on any atom is 0.263 e. The largest absolute Gasteiger partial charge is 0.495 e. The molecule has 3 aromatic rings. The number of hydrogen-bond acceptors (Lipinski definition) is 5. The van der Waals surface area contributed by atoms with Crippen molar-refractivity contribution in [1.29, 1.82) is 0 Å². The summed E-state index contributed by atoms with van der Waals surface area (Å²) in [6, 6.07) is 16.1. The Kier molecular flexibility index (Phi) is 4.81. The van der Waals surface area contributed by atoms with Crippen molar-refractivity contribution < 1.29 is 9.53 Å². The van der Waals surface area contributed by atoms with Crippen LogP contribution < -0.4 is 15.4 Å². The average Bonchev–Trinajstić information content (AvgIpc) is 3.24. The van der Waals surface area contributed by atoms with Crippen molar-refractivity contribution in [2.75, 3.05) is 12.4 Å². The predicted molar refractivity (Wildman–Crippen MR) is 108 cm³/mol. The predicted octanol–water partition coefficient (Wildman–Crippen LogP) is 4.10. The fourth-order valence-electron chi connectivity index (χ4n) is 3.44. The Balaban J connectivity index is 1.46. The fraction of sp³-hybridized carbons (Fsp3) is 0.238. The number of nitrogens with zero attached hydrogens (tertiary/aromatic N) is 1. The van der Waals surface area contributed by atoms with Crippen molar-refractivity contribution >= 4 is 28.1 Å². The van der Waals surface area contributed by atoms with Gasteiger partial charge in [0.2, 0.25) is 0 Å². The number of thiazole rings is 1. The lowest BCUT2D eigenvalue weighted by molar-refractivity contribution is 0.0942. The number of carbonyl (C=O) groups is 1. The molecule has 1 aromatic heterocycles. The number of nitrogens with one attached hydrogen (secondary N) is 2. The molecule has 2 aromatic carbocycles. The first-order valence-electron chi connectivity index (χ1n) is 8.89. The van der Waals surface area contributed by atoms with Crippen molar-refractivity contribution in [3.05, 3.63) is 70.2 Å². The number of ether oxygens (including phenoxy) is 1. The molecule has 138 valence electrons. The highest BCUT2D eigenvalue weighted by molar-refractivity contribution is 7.17. The van der Waals surface area contributed by atoms with Crippen molar-refractivity contribution in [2.45, 2.75) is 25.8 Å². The monoisotopic (exact) mass is 379 g/mol. The molecule has 0 bridgehead atoms. The SMILES string of the molecule is COc1ccccc1Nc1nc(C)c(C(=O)NC2Cc3ccccc3C2)s1. The molecule has 1 amide bonds. The van der Waals surface area contributed by atoms with Gasteiger partial charge < -0.3 is 15.4 Å². The molecule has 0 spiro atoms. The van der Waals surface area contributed by atoms with Crippen LogP contribution in [0.15, 0.2) is 48.5 Å². The summed E-state index contributed by atoms with van der Waals surface area (Å²) in [5.74, 6) is 0.677. The molecule has 0 fully saturated rings. The van der Waals surface area contributed by atoms with E-state index in [1.165, 1.54) is 22.5 Å². The Hall–Kier alpha value is -2.86. The first-order valence-corrected chi connectivity index (χ1v) is 9.71. The maximum absolute atomic E-state index is 12.8. The number of amides is 1. The van der Waals surface area contributed by atoms with Crippen molar-refractivity contribution in [1.82, 2.24) is 10.3 Å². The number of methoxy groups -OCH3 is 1. The Labute approximate surface area is 162 Å². The number of benzene rings is 2. The highest BCUT2D eigenvalue weighted by Gasteiger charge is 2.24. The van der Waals surface area contributed by atoms with Gasteiger partial charge in [-0.3, -0.25) is 4.79 Å². The maximum atomic E-state index is 12.8. The van der Waals surface area contributed by atoms with Gasteiger partial charge in [-0.2, -0.15) is 0 Å². The molecule has 0 atom stereocenters. The number of aromatic nitrogens is 1. The number of para-hydroxylation sites is 2. The van der Waals surface area contributed by atoms with Crippen LogP contribution >= 0.6 is 11.3 Å². The van der Waals surface area contributed by atoms with E-state index in [0.717, 1.165) is 30.0 Å². The minimum absolute atomic E-state index is 0.0594. The van der Waals surface area contributed by atoms with E-state index in [9.17, 15) is 4.79 Å². The van der Waals surface area contributed by atoms with Gasteiger partial charge in [-0.15, -0.1) is 0 Å². The molecular formula is C21H21N3O2S. The second-order valence-corrected chi connectivity index (χ2v) is 7.61. The second-order valence-electron chi connectivity index (χ2n) is 6.61. The van der Waals surface area contributed by atoms with Gasteiger partial charge >= 0.3 is 0 Å². The van der Waals surface area contributed by atoms with Crippen LogP contribution in [0.5, 0.6) is 5.75 Å². The van der Waals surface area contributed by atoms with Crippen LogP contribution in [-0.2, 0) is 12.8 Å². The zero-order valence-corrected chi connectivity index (χ0v) is 16.1. The topological polar surface area (TPSA) is 63.2 Å². The summed E-state index contributed by atoms with van der Waals surface area (Å²) in [7, 11) is 1.63. The number of anilines is 2. The molecule has 0 saturated carbocycles. The minimum atomic E-state index is -0.0594. The molecule has 0 radical (unpaired) electrons. The zero-order valence-electron chi connectivity index (χ0n) is 15.3. The molecule has 0 saturated heterocycles. The molecule has 1 aliphatic rings. The molecule has 1 heterocycles. The summed E-state index contributed by atoms with van der Waals surface area (Å²) in [6.45, 7) is 1.86. The van der Waals surface area contributed by atoms with Crippen LogP contribution in [0, 0.1) is 6.92 Å². The summed E-state index contributed by atoms with van der Waals surface area (Å²) < 4.78 is 5.36. The summed E-state index contributed by atoms with van der Waals surface area (Å²) in [5.41, 5.74) is 4.20. The van der Waals surface area contributed by atoms with Crippen molar-refractivity contribution in [3.63, 3.8) is 0 Å². The van der Waals surface area contributed by atoms with E-state index < -0.39 is 0 Å². The highest BCUT2D eigenvalue weighted by Crippen LogP contribution is 2.31. The van der Waals surface area contributed by atoms with E-state index in [4.69, 9.17) is 4.74 Å². The van der Waals surface area contributed by atoms with Gasteiger partial charge in [0.1, 0.15) is 10.6 Å². The Morgan fingerprint density at radius 1 is 1.11 bits per heavy atom. The molecular weight excluding hydrogens is 358 g/mol. The summed E-state index contributed by atoms with van der Waals surface area (Å²) in [5, 5.41) is 7.09. The lowest BCUT2D eigenvalue weighted by Gasteiger charge is -2.11. The van der Waals surface area contributed by atoms with E-state index in [-0.39, 0.29) is 11.9 Å². The van der Waals surface area contributed by atoms with Gasteiger partial charge in [0.25, 0.3) is 5.91 Å². The van der Waals surface area contributed by atoms with Crippen LogP contribution in [0.3, 0.4) is 0 Å². The van der Waals surface area contributed by atoms with E-state index in [1.807, 2.05) is 43.3 Å². The standard InChI is InChI=1S/C21H21N3O2S/c1-13-19(20(25)23-16-11-14-7-3-4-8-15(14)12-16)27-21(22-13)24-17-9-5-6-10-18(17)26-2/h3-10,16H,11-12H2,1-2H3,(H,22,24)(H,23,25). The van der Waals surface area contributed by atoms with Crippen LogP contribution in [-0.4, -0.2) is 24.0 Å². The molecule has 27 heavy (non-hydrogen) atoms. The number of rotatable bonds is 5. The second kappa shape index (κ2) is 7.40. The average molecular weight is 379 g/mol. The van der Waals surface area contributed by atoms with Crippen LogP contribution in [0.4, 0.5) is 10.8 Å². The Bertz CT molecular complexity index is 958. The lowest BCUT2D eigenvalue weighted by atomic mass is 10.1. The van der Waals surface area contributed by atoms with Crippen LogP contribution in [0.2, 0.25) is 0 Å². The molecule has 2 N–H and O–H groups in total. The summed E-state index contributed by atoms with van der Waals surface area (Å²) in [4.78, 5) is 17.9.